The van der Waals surface area contributed by atoms with Crippen LogP contribution < -0.4 is 16.4 Å². The van der Waals surface area contributed by atoms with E-state index in [1.807, 2.05) is 6.07 Å². The normalized spacial score (nSPS) is 10.3. The van der Waals surface area contributed by atoms with Gasteiger partial charge < -0.3 is 25.5 Å². The van der Waals surface area contributed by atoms with E-state index in [4.69, 9.17) is 14.9 Å². The molecule has 0 aliphatic heterocycles. The van der Waals surface area contributed by atoms with Crippen molar-refractivity contribution in [2.75, 3.05) is 23.5 Å². The molecule has 0 saturated heterocycles. The molecule has 8 heteroatoms. The summed E-state index contributed by atoms with van der Waals surface area (Å²) < 4.78 is 10.0. The Labute approximate surface area is 144 Å². The summed E-state index contributed by atoms with van der Waals surface area (Å²) in [5.74, 6) is 1.15. The highest BCUT2D eigenvalue weighted by Crippen LogP contribution is 2.28. The maximum absolute atomic E-state index is 11.9. The first-order chi connectivity index (χ1) is 12.2. The van der Waals surface area contributed by atoms with Gasteiger partial charge in [-0.25, -0.2) is 14.8 Å². The van der Waals surface area contributed by atoms with Crippen LogP contribution in [0.15, 0.2) is 53.4 Å². The molecule has 0 aliphatic rings. The fourth-order valence-electron chi connectivity index (χ4n) is 2.23. The maximum Gasteiger partial charge on any atom is 0.339 e. The summed E-state index contributed by atoms with van der Waals surface area (Å²) in [7, 11) is 1.33. The Bertz CT molecular complexity index is 864. The number of hydrogen-bond donors (Lipinski definition) is 3. The monoisotopic (exact) mass is 339 g/mol. The van der Waals surface area contributed by atoms with Crippen LogP contribution in [-0.2, 0) is 11.3 Å². The fraction of sp³-hybridized carbons (Fsp3) is 0.118. The summed E-state index contributed by atoms with van der Waals surface area (Å²) in [5, 5.41) is 6.14. The number of furan rings is 1. The molecule has 2 heterocycles. The number of carbonyl (C=O) groups excluding carboxylic acids is 1. The number of ether oxygens (including phenoxy) is 1. The Kier molecular flexibility index (Phi) is 4.79. The van der Waals surface area contributed by atoms with Gasteiger partial charge in [0.1, 0.15) is 17.8 Å². The zero-order valence-corrected chi connectivity index (χ0v) is 13.5. The minimum Gasteiger partial charge on any atom is -0.467 e. The van der Waals surface area contributed by atoms with Crippen LogP contribution in [0.2, 0.25) is 0 Å². The zero-order chi connectivity index (χ0) is 17.6. The zero-order valence-electron chi connectivity index (χ0n) is 13.5. The number of carbonyl (C=O) groups is 1. The average molecular weight is 339 g/mol. The highest BCUT2D eigenvalue weighted by molar-refractivity contribution is 5.97. The lowest BCUT2D eigenvalue weighted by Crippen LogP contribution is -2.10. The molecule has 0 bridgehead atoms. The largest absolute Gasteiger partial charge is 0.467 e. The molecule has 0 spiro atoms. The molecule has 0 radical (unpaired) electrons. The molecule has 128 valence electrons. The van der Waals surface area contributed by atoms with Gasteiger partial charge in [0.05, 0.1) is 31.2 Å². The summed E-state index contributed by atoms with van der Waals surface area (Å²) in [5.41, 5.74) is 7.38. The van der Waals surface area contributed by atoms with Gasteiger partial charge in [0.15, 0.2) is 11.6 Å². The second-order valence-electron chi connectivity index (χ2n) is 5.08. The first-order valence-electron chi connectivity index (χ1n) is 7.50. The van der Waals surface area contributed by atoms with E-state index in [1.165, 1.54) is 13.4 Å². The van der Waals surface area contributed by atoms with E-state index in [-0.39, 0.29) is 0 Å². The van der Waals surface area contributed by atoms with Crippen molar-refractivity contribution in [3.63, 3.8) is 0 Å². The number of aromatic nitrogens is 2. The van der Waals surface area contributed by atoms with Crippen molar-refractivity contribution in [1.82, 2.24) is 9.97 Å². The van der Waals surface area contributed by atoms with Gasteiger partial charge in [0.25, 0.3) is 0 Å². The quantitative estimate of drug-likeness (QED) is 0.587. The topological polar surface area (TPSA) is 115 Å². The third-order valence-electron chi connectivity index (χ3n) is 3.48. The third kappa shape index (κ3) is 3.69. The van der Waals surface area contributed by atoms with Gasteiger partial charge in [-0.15, -0.1) is 0 Å². The summed E-state index contributed by atoms with van der Waals surface area (Å²) in [6.07, 6.45) is 2.97. The minimum absolute atomic E-state index is 0.328. The predicted molar refractivity (Wildman–Crippen MR) is 93.5 cm³/mol. The molecule has 8 nitrogen and oxygen atoms in total. The molecule has 25 heavy (non-hydrogen) atoms. The van der Waals surface area contributed by atoms with Crippen LogP contribution in [-0.4, -0.2) is 23.0 Å². The molecule has 0 amide bonds. The number of rotatable bonds is 6. The van der Waals surface area contributed by atoms with Crippen molar-refractivity contribution in [3.8, 4) is 0 Å². The van der Waals surface area contributed by atoms with E-state index in [2.05, 4.69) is 20.6 Å². The molecule has 0 saturated carbocycles. The standard InChI is InChI=1S/C17H17N5O3/c1-24-17(23)12-6-2-3-7-13(12)22-16-14(18)15(20-10-21-16)19-9-11-5-4-8-25-11/h2-8,10H,9,18H2,1H3,(H2,19,20,21,22). The van der Waals surface area contributed by atoms with E-state index < -0.39 is 5.97 Å². The number of methoxy groups -OCH3 is 1. The average Bonchev–Trinajstić information content (AvgIpc) is 3.16. The second-order valence-corrected chi connectivity index (χ2v) is 5.08. The number of anilines is 4. The van der Waals surface area contributed by atoms with Crippen LogP contribution in [0.1, 0.15) is 16.1 Å². The number of nitrogens with zero attached hydrogens (tertiary/aromatic N) is 2. The Hall–Kier alpha value is -3.55. The van der Waals surface area contributed by atoms with E-state index in [0.717, 1.165) is 5.76 Å². The summed E-state index contributed by atoms with van der Waals surface area (Å²) in [6, 6.07) is 10.6. The van der Waals surface area contributed by atoms with Crippen LogP contribution in [0.5, 0.6) is 0 Å². The first kappa shape index (κ1) is 16.3. The molecule has 2 aromatic heterocycles. The Balaban J connectivity index is 1.82. The van der Waals surface area contributed by atoms with Crippen molar-refractivity contribution in [1.29, 1.82) is 0 Å². The van der Waals surface area contributed by atoms with Crippen LogP contribution in [0.4, 0.5) is 23.0 Å². The molecule has 0 aliphatic carbocycles. The number of esters is 1. The lowest BCUT2D eigenvalue weighted by molar-refractivity contribution is 0.0602. The van der Waals surface area contributed by atoms with Crippen molar-refractivity contribution < 1.29 is 13.9 Å². The van der Waals surface area contributed by atoms with E-state index >= 15 is 0 Å². The molecular formula is C17H17N5O3. The summed E-state index contributed by atoms with van der Waals surface area (Å²) >= 11 is 0. The lowest BCUT2D eigenvalue weighted by atomic mass is 10.2. The molecule has 0 unspecified atom stereocenters. The van der Waals surface area contributed by atoms with Gasteiger partial charge in [0.2, 0.25) is 0 Å². The Morgan fingerprint density at radius 2 is 2.00 bits per heavy atom. The van der Waals surface area contributed by atoms with Crippen LogP contribution in [0.3, 0.4) is 0 Å². The number of hydrogen-bond acceptors (Lipinski definition) is 8. The predicted octanol–water partition coefficient (Wildman–Crippen LogP) is 2.79. The van der Waals surface area contributed by atoms with E-state index in [1.54, 1.807) is 36.6 Å². The van der Waals surface area contributed by atoms with Gasteiger partial charge >= 0.3 is 5.97 Å². The van der Waals surface area contributed by atoms with Crippen LogP contribution in [0.25, 0.3) is 0 Å². The smallest absolute Gasteiger partial charge is 0.339 e. The van der Waals surface area contributed by atoms with Crippen molar-refractivity contribution in [2.24, 2.45) is 0 Å². The highest BCUT2D eigenvalue weighted by atomic mass is 16.5. The number of benzene rings is 1. The fourth-order valence-corrected chi connectivity index (χ4v) is 2.23. The van der Waals surface area contributed by atoms with Crippen molar-refractivity contribution in [2.45, 2.75) is 6.54 Å². The van der Waals surface area contributed by atoms with Gasteiger partial charge in [0, 0.05) is 0 Å². The molecule has 3 aromatic rings. The van der Waals surface area contributed by atoms with Gasteiger partial charge in [-0.2, -0.15) is 0 Å². The number of nitrogens with two attached hydrogens (primary N) is 1. The number of nitrogen functional groups attached to an aromatic ring is 1. The molecule has 0 atom stereocenters. The van der Waals surface area contributed by atoms with Crippen LogP contribution in [0, 0.1) is 0 Å². The number of para-hydroxylation sites is 1. The summed E-state index contributed by atoms with van der Waals surface area (Å²) in [6.45, 7) is 0.437. The Morgan fingerprint density at radius 1 is 1.20 bits per heavy atom. The molecule has 4 N–H and O–H groups in total. The maximum atomic E-state index is 11.9. The SMILES string of the molecule is COC(=O)c1ccccc1Nc1ncnc(NCc2ccco2)c1N. The van der Waals surface area contributed by atoms with E-state index in [9.17, 15) is 4.79 Å². The Morgan fingerprint density at radius 3 is 2.76 bits per heavy atom. The van der Waals surface area contributed by atoms with Crippen LogP contribution >= 0.6 is 0 Å². The van der Waals surface area contributed by atoms with Crippen molar-refractivity contribution >= 4 is 29.0 Å². The molecule has 0 fully saturated rings. The minimum atomic E-state index is -0.452. The van der Waals surface area contributed by atoms with E-state index in [0.29, 0.717) is 35.1 Å². The lowest BCUT2D eigenvalue weighted by Gasteiger charge is -2.13. The van der Waals surface area contributed by atoms with Gasteiger partial charge in [-0.1, -0.05) is 12.1 Å². The first-order valence-corrected chi connectivity index (χ1v) is 7.50. The van der Waals surface area contributed by atoms with Gasteiger partial charge in [-0.05, 0) is 24.3 Å². The highest BCUT2D eigenvalue weighted by Gasteiger charge is 2.14. The van der Waals surface area contributed by atoms with Gasteiger partial charge in [-0.3, -0.25) is 0 Å². The molecule has 3 rings (SSSR count). The second kappa shape index (κ2) is 7.35. The molecule has 1 aromatic carbocycles. The molecular weight excluding hydrogens is 322 g/mol. The summed E-state index contributed by atoms with van der Waals surface area (Å²) in [4.78, 5) is 20.1. The number of nitrogens with one attached hydrogen (secondary N) is 2. The van der Waals surface area contributed by atoms with Crippen molar-refractivity contribution in [3.05, 3.63) is 60.3 Å². The third-order valence-corrected chi connectivity index (χ3v) is 3.48.